The van der Waals surface area contributed by atoms with Gasteiger partial charge in [-0.05, 0) is 123 Å². The van der Waals surface area contributed by atoms with E-state index in [9.17, 15) is 0 Å². The topological polar surface area (TPSA) is 8.17 Å². The molecule has 1 aliphatic rings. The summed E-state index contributed by atoms with van der Waals surface area (Å²) in [4.78, 5) is 2.40. The molecule has 2 nitrogen and oxygen atoms in total. The van der Waals surface area contributed by atoms with Gasteiger partial charge in [-0.25, -0.2) is 0 Å². The van der Waals surface area contributed by atoms with E-state index >= 15 is 0 Å². The van der Waals surface area contributed by atoms with E-state index in [-0.39, 0.29) is 10.8 Å². The van der Waals surface area contributed by atoms with Crippen LogP contribution in [0.25, 0.3) is 60.2 Å². The smallest absolute Gasteiger partial charge is 0.0546 e. The van der Waals surface area contributed by atoms with E-state index in [4.69, 9.17) is 0 Å². The number of para-hydroxylation sites is 2. The van der Waals surface area contributed by atoms with Crippen LogP contribution in [0.2, 0.25) is 0 Å². The molecule has 1 aromatic heterocycles. The second-order valence-corrected chi connectivity index (χ2v) is 16.5. The fourth-order valence-corrected chi connectivity index (χ4v) is 9.17. The molecule has 0 fully saturated rings. The maximum Gasteiger partial charge on any atom is 0.0546 e. The third-order valence-electron chi connectivity index (χ3n) is 12.2. The summed E-state index contributed by atoms with van der Waals surface area (Å²) >= 11 is 0. The lowest BCUT2D eigenvalue weighted by atomic mass is 9.63. The van der Waals surface area contributed by atoms with Crippen molar-refractivity contribution in [1.29, 1.82) is 0 Å². The van der Waals surface area contributed by atoms with E-state index in [0.717, 1.165) is 11.4 Å². The van der Waals surface area contributed by atoms with Gasteiger partial charge in [-0.15, -0.1) is 0 Å². The largest absolute Gasteiger partial charge is 0.310 e. The molecular weight excluding hydrogens is 653 g/mol. The minimum Gasteiger partial charge on any atom is -0.310 e. The van der Waals surface area contributed by atoms with Crippen molar-refractivity contribution in [2.75, 3.05) is 4.90 Å². The minimum absolute atomic E-state index is 0.149. The molecule has 54 heavy (non-hydrogen) atoms. The van der Waals surface area contributed by atoms with Gasteiger partial charge in [-0.2, -0.15) is 0 Å². The Kier molecular flexibility index (Phi) is 7.36. The lowest BCUT2D eigenvalue weighted by Gasteiger charge is -2.42. The Balaban J connectivity index is 1.09. The van der Waals surface area contributed by atoms with Crippen molar-refractivity contribution in [2.24, 2.45) is 0 Å². The molecule has 0 saturated carbocycles. The van der Waals surface area contributed by atoms with Crippen LogP contribution in [-0.2, 0) is 10.8 Å². The first kappa shape index (κ1) is 32.5. The molecule has 0 aliphatic heterocycles. The normalized spacial score (nSPS) is 14.8. The highest BCUT2D eigenvalue weighted by Gasteiger charge is 2.37. The summed E-state index contributed by atoms with van der Waals surface area (Å²) in [6.45, 7) is 9.63. The zero-order valence-electron chi connectivity index (χ0n) is 31.5. The van der Waals surface area contributed by atoms with Crippen LogP contribution in [0.5, 0.6) is 0 Å². The van der Waals surface area contributed by atoms with Crippen LogP contribution in [0.3, 0.4) is 0 Å². The molecule has 10 rings (SSSR count). The summed E-state index contributed by atoms with van der Waals surface area (Å²) in [5, 5.41) is 7.56. The van der Waals surface area contributed by atoms with Crippen molar-refractivity contribution in [2.45, 2.75) is 51.4 Å². The Morgan fingerprint density at radius 3 is 1.80 bits per heavy atom. The monoisotopic (exact) mass is 696 g/mol. The van der Waals surface area contributed by atoms with Crippen LogP contribution >= 0.6 is 0 Å². The molecule has 0 saturated heterocycles. The Morgan fingerprint density at radius 1 is 0.426 bits per heavy atom. The van der Waals surface area contributed by atoms with Crippen molar-refractivity contribution in [1.82, 2.24) is 4.57 Å². The summed E-state index contributed by atoms with van der Waals surface area (Å²) in [6.07, 6.45) is 2.42. The molecular formula is C52H44N2. The SMILES string of the molecule is CC1(C)CCC(C)(C)c2cc(-n3c4ccccc4c4cc(-c5ccc(N(c6ccccc6)c6cc7ccccc7c7ccccc67)cc5)ccc43)ccc21. The highest BCUT2D eigenvalue weighted by atomic mass is 15.1. The Hall–Kier alpha value is -6.12. The zero-order valence-corrected chi connectivity index (χ0v) is 31.5. The summed E-state index contributed by atoms with van der Waals surface area (Å²) < 4.78 is 2.47. The predicted octanol–water partition coefficient (Wildman–Crippen LogP) is 14.6. The number of hydrogen-bond acceptors (Lipinski definition) is 1. The van der Waals surface area contributed by atoms with E-state index in [0.29, 0.717) is 0 Å². The van der Waals surface area contributed by atoms with Crippen LogP contribution in [0, 0.1) is 0 Å². The average Bonchev–Trinajstić information content (AvgIpc) is 3.54. The van der Waals surface area contributed by atoms with Crippen molar-refractivity contribution in [3.63, 3.8) is 0 Å². The molecule has 1 heterocycles. The molecule has 0 atom stereocenters. The second kappa shape index (κ2) is 12.2. The van der Waals surface area contributed by atoms with Crippen molar-refractivity contribution >= 4 is 60.4 Å². The van der Waals surface area contributed by atoms with Gasteiger partial charge in [0.2, 0.25) is 0 Å². The molecule has 9 aromatic rings. The Morgan fingerprint density at radius 2 is 1.02 bits per heavy atom. The fraction of sp³-hybridized carbons (Fsp3) is 0.154. The molecule has 1 aliphatic carbocycles. The van der Waals surface area contributed by atoms with Gasteiger partial charge in [-0.1, -0.05) is 137 Å². The van der Waals surface area contributed by atoms with Crippen LogP contribution in [0.1, 0.15) is 51.7 Å². The predicted molar refractivity (Wildman–Crippen MR) is 231 cm³/mol. The van der Waals surface area contributed by atoms with E-state index in [2.05, 4.69) is 207 Å². The van der Waals surface area contributed by atoms with Crippen molar-refractivity contribution in [3.05, 3.63) is 181 Å². The summed E-state index contributed by atoms with van der Waals surface area (Å²) in [5.74, 6) is 0. The highest BCUT2D eigenvalue weighted by molar-refractivity contribution is 6.15. The number of aromatic nitrogens is 1. The van der Waals surface area contributed by atoms with Crippen molar-refractivity contribution < 1.29 is 0 Å². The third-order valence-corrected chi connectivity index (χ3v) is 12.2. The van der Waals surface area contributed by atoms with Gasteiger partial charge < -0.3 is 9.47 Å². The van der Waals surface area contributed by atoms with Gasteiger partial charge in [0.15, 0.2) is 0 Å². The first-order valence-electron chi connectivity index (χ1n) is 19.3. The molecule has 0 radical (unpaired) electrons. The van der Waals surface area contributed by atoms with E-state index in [1.165, 1.54) is 89.8 Å². The van der Waals surface area contributed by atoms with Gasteiger partial charge in [0.25, 0.3) is 0 Å². The second-order valence-electron chi connectivity index (χ2n) is 16.5. The number of fused-ring (bicyclic) bond motifs is 7. The first-order chi connectivity index (χ1) is 26.3. The van der Waals surface area contributed by atoms with E-state index in [1.54, 1.807) is 0 Å². The van der Waals surface area contributed by atoms with E-state index < -0.39 is 0 Å². The summed E-state index contributed by atoms with van der Waals surface area (Å²) in [6, 6.07) is 62.8. The lowest BCUT2D eigenvalue weighted by molar-refractivity contribution is 0.332. The Labute approximate surface area is 317 Å². The molecule has 8 aromatic carbocycles. The van der Waals surface area contributed by atoms with Crippen molar-refractivity contribution in [3.8, 4) is 16.8 Å². The minimum atomic E-state index is 0.149. The number of rotatable bonds is 5. The lowest BCUT2D eigenvalue weighted by Crippen LogP contribution is -2.33. The van der Waals surface area contributed by atoms with Crippen LogP contribution in [-0.4, -0.2) is 4.57 Å². The quantitative estimate of drug-likeness (QED) is 0.163. The summed E-state index contributed by atoms with van der Waals surface area (Å²) in [7, 11) is 0. The maximum absolute atomic E-state index is 2.48. The number of hydrogen-bond donors (Lipinski definition) is 0. The third kappa shape index (κ3) is 5.16. The number of anilines is 3. The highest BCUT2D eigenvalue weighted by Crippen LogP contribution is 2.47. The van der Waals surface area contributed by atoms with E-state index in [1.807, 2.05) is 0 Å². The van der Waals surface area contributed by atoms with Gasteiger partial charge in [0, 0.05) is 33.2 Å². The number of benzene rings is 8. The fourth-order valence-electron chi connectivity index (χ4n) is 9.17. The zero-order chi connectivity index (χ0) is 36.6. The molecule has 0 bridgehead atoms. The molecule has 0 unspecified atom stereocenters. The standard InChI is InChI=1S/C52H44N2/c1-51(2)30-31-52(3,4)47-34-40(27-28-46(47)51)54-48-21-13-12-20-44(48)45-32-36(24-29-49(45)54)35-22-25-39(26-23-35)53(38-15-6-5-7-16-38)50-33-37-14-8-9-17-41(37)42-18-10-11-19-43(42)50/h5-29,32-34H,30-31H2,1-4H3. The molecule has 0 amide bonds. The van der Waals surface area contributed by atoms with Gasteiger partial charge in [0.05, 0.1) is 16.7 Å². The van der Waals surface area contributed by atoms with Gasteiger partial charge in [-0.3, -0.25) is 0 Å². The van der Waals surface area contributed by atoms with Crippen LogP contribution in [0.15, 0.2) is 170 Å². The number of nitrogens with zero attached hydrogens (tertiary/aromatic N) is 2. The molecule has 0 N–H and O–H groups in total. The van der Waals surface area contributed by atoms with Crippen LogP contribution in [0.4, 0.5) is 17.1 Å². The summed E-state index contributed by atoms with van der Waals surface area (Å²) in [5.41, 5.74) is 12.9. The van der Waals surface area contributed by atoms with Crippen LogP contribution < -0.4 is 4.90 Å². The molecule has 262 valence electrons. The maximum atomic E-state index is 2.48. The van der Waals surface area contributed by atoms with Gasteiger partial charge >= 0.3 is 0 Å². The van der Waals surface area contributed by atoms with Gasteiger partial charge in [0.1, 0.15) is 0 Å². The average molecular weight is 697 g/mol. The molecule has 0 spiro atoms. The first-order valence-corrected chi connectivity index (χ1v) is 19.3. The Bertz CT molecular complexity index is 2870. The molecule has 2 heteroatoms.